The number of nitrogens with one attached hydrogen (secondary N) is 1. The monoisotopic (exact) mass is 393 g/mol. The van der Waals surface area contributed by atoms with Gasteiger partial charge in [0.2, 0.25) is 0 Å². The van der Waals surface area contributed by atoms with Crippen molar-refractivity contribution < 1.29 is 18.7 Å². The van der Waals surface area contributed by atoms with Gasteiger partial charge >= 0.3 is 0 Å². The Kier molecular flexibility index (Phi) is 6.89. The minimum atomic E-state index is -0.335. The van der Waals surface area contributed by atoms with Crippen molar-refractivity contribution in [3.8, 4) is 11.5 Å². The number of halogens is 1. The largest absolute Gasteiger partial charge is 0.490 e. The molecular weight excluding hydrogens is 373 g/mol. The molecule has 0 aliphatic carbocycles. The molecule has 0 bridgehead atoms. The molecule has 0 saturated carbocycles. The number of benzene rings is 2. The van der Waals surface area contributed by atoms with Gasteiger partial charge in [-0.05, 0) is 48.9 Å². The molecule has 6 nitrogen and oxygen atoms in total. The summed E-state index contributed by atoms with van der Waals surface area (Å²) >= 11 is 0. The maximum Gasteiger partial charge on any atom is 0.271 e. The number of pyridine rings is 1. The third kappa shape index (κ3) is 5.62. The second-order valence-electron chi connectivity index (χ2n) is 5.95. The molecule has 148 valence electrons. The van der Waals surface area contributed by atoms with Crippen LogP contribution >= 0.6 is 0 Å². The Morgan fingerprint density at radius 3 is 2.66 bits per heavy atom. The molecule has 29 heavy (non-hydrogen) atoms. The molecule has 3 rings (SSSR count). The Morgan fingerprint density at radius 1 is 1.10 bits per heavy atom. The van der Waals surface area contributed by atoms with Crippen molar-refractivity contribution in [2.45, 2.75) is 13.5 Å². The van der Waals surface area contributed by atoms with Gasteiger partial charge in [-0.2, -0.15) is 5.10 Å². The van der Waals surface area contributed by atoms with E-state index in [1.807, 2.05) is 6.92 Å². The zero-order valence-corrected chi connectivity index (χ0v) is 15.8. The highest BCUT2D eigenvalue weighted by atomic mass is 19.1. The molecule has 3 aromatic rings. The summed E-state index contributed by atoms with van der Waals surface area (Å²) in [5.74, 6) is 0.346. The number of carbonyl (C=O) groups excluding carboxylic acids is 1. The fourth-order valence-corrected chi connectivity index (χ4v) is 2.50. The highest BCUT2D eigenvalue weighted by molar-refractivity contribution is 5.94. The Labute approximate surface area is 168 Å². The summed E-state index contributed by atoms with van der Waals surface area (Å²) in [5.41, 5.74) is 4.09. The molecule has 0 spiro atoms. The van der Waals surface area contributed by atoms with Gasteiger partial charge in [0.15, 0.2) is 11.5 Å². The molecule has 2 aromatic carbocycles. The van der Waals surface area contributed by atoms with Crippen molar-refractivity contribution in [2.24, 2.45) is 5.10 Å². The number of ether oxygens (including phenoxy) is 2. The van der Waals surface area contributed by atoms with Gasteiger partial charge in [0.05, 0.1) is 12.8 Å². The van der Waals surface area contributed by atoms with Gasteiger partial charge in [-0.25, -0.2) is 9.82 Å². The van der Waals surface area contributed by atoms with Crippen LogP contribution in [-0.4, -0.2) is 23.7 Å². The summed E-state index contributed by atoms with van der Waals surface area (Å²) in [7, 11) is 0. The van der Waals surface area contributed by atoms with Crippen LogP contribution in [0.3, 0.4) is 0 Å². The third-order valence-electron chi connectivity index (χ3n) is 3.93. The fourth-order valence-electron chi connectivity index (χ4n) is 2.50. The van der Waals surface area contributed by atoms with Crippen molar-refractivity contribution >= 4 is 12.1 Å². The number of nitrogens with zero attached hydrogens (tertiary/aromatic N) is 2. The zero-order valence-electron chi connectivity index (χ0n) is 15.8. The second kappa shape index (κ2) is 9.98. The SMILES string of the molecule is CCOc1cc(/C=N\NC(=O)c2ccncc2)ccc1OCc1ccccc1F. The maximum absolute atomic E-state index is 13.8. The molecule has 0 fully saturated rings. The van der Waals surface area contributed by atoms with Crippen LogP contribution in [0.5, 0.6) is 11.5 Å². The number of carbonyl (C=O) groups is 1. The number of hydrogen-bond donors (Lipinski definition) is 1. The Hall–Kier alpha value is -3.74. The van der Waals surface area contributed by atoms with Crippen molar-refractivity contribution in [1.82, 2.24) is 10.4 Å². The predicted molar refractivity (Wildman–Crippen MR) is 108 cm³/mol. The quantitative estimate of drug-likeness (QED) is 0.464. The molecule has 0 aliphatic heterocycles. The Balaban J connectivity index is 1.67. The van der Waals surface area contributed by atoms with E-state index in [0.29, 0.717) is 34.8 Å². The van der Waals surface area contributed by atoms with Gasteiger partial charge < -0.3 is 9.47 Å². The van der Waals surface area contributed by atoms with E-state index in [9.17, 15) is 9.18 Å². The molecule has 1 N–H and O–H groups in total. The van der Waals surface area contributed by atoms with Gasteiger partial charge in [-0.3, -0.25) is 9.78 Å². The van der Waals surface area contributed by atoms with Crippen molar-refractivity contribution in [3.63, 3.8) is 0 Å². The summed E-state index contributed by atoms with van der Waals surface area (Å²) in [5, 5.41) is 3.96. The zero-order chi connectivity index (χ0) is 20.5. The summed E-state index contributed by atoms with van der Waals surface area (Å²) in [6.45, 7) is 2.38. The highest BCUT2D eigenvalue weighted by Crippen LogP contribution is 2.29. The molecule has 0 aliphatic rings. The lowest BCUT2D eigenvalue weighted by atomic mass is 10.2. The van der Waals surface area contributed by atoms with Gasteiger partial charge in [0.25, 0.3) is 5.91 Å². The van der Waals surface area contributed by atoms with Gasteiger partial charge in [-0.1, -0.05) is 18.2 Å². The summed E-state index contributed by atoms with van der Waals surface area (Å²) < 4.78 is 25.1. The first kappa shape index (κ1) is 20.0. The Bertz CT molecular complexity index is 994. The number of amides is 1. The summed E-state index contributed by atoms with van der Waals surface area (Å²) in [4.78, 5) is 15.8. The minimum absolute atomic E-state index is 0.0855. The smallest absolute Gasteiger partial charge is 0.271 e. The number of aromatic nitrogens is 1. The first-order chi connectivity index (χ1) is 14.2. The van der Waals surface area contributed by atoms with Crippen LogP contribution in [0.1, 0.15) is 28.4 Å². The topological polar surface area (TPSA) is 72.8 Å². The number of rotatable bonds is 8. The Morgan fingerprint density at radius 2 is 1.90 bits per heavy atom. The lowest BCUT2D eigenvalue weighted by Crippen LogP contribution is -2.17. The van der Waals surface area contributed by atoms with E-state index < -0.39 is 0 Å². The number of hydrogen-bond acceptors (Lipinski definition) is 5. The minimum Gasteiger partial charge on any atom is -0.490 e. The summed E-state index contributed by atoms with van der Waals surface area (Å²) in [6.07, 6.45) is 4.57. The lowest BCUT2D eigenvalue weighted by Gasteiger charge is -2.13. The van der Waals surface area contributed by atoms with E-state index in [4.69, 9.17) is 9.47 Å². The van der Waals surface area contributed by atoms with E-state index in [2.05, 4.69) is 15.5 Å². The number of hydrazone groups is 1. The maximum atomic E-state index is 13.8. The molecular formula is C22H20FN3O3. The van der Waals surface area contributed by atoms with E-state index in [1.54, 1.807) is 48.5 Å². The highest BCUT2D eigenvalue weighted by Gasteiger charge is 2.08. The van der Waals surface area contributed by atoms with Crippen LogP contribution in [0.15, 0.2) is 72.1 Å². The van der Waals surface area contributed by atoms with Crippen molar-refractivity contribution in [1.29, 1.82) is 0 Å². The molecule has 1 heterocycles. The first-order valence-corrected chi connectivity index (χ1v) is 9.04. The molecule has 0 atom stereocenters. The van der Waals surface area contributed by atoms with Gasteiger partial charge in [0.1, 0.15) is 12.4 Å². The molecule has 7 heteroatoms. The average molecular weight is 393 g/mol. The lowest BCUT2D eigenvalue weighted by molar-refractivity contribution is 0.0955. The molecule has 1 amide bonds. The van der Waals surface area contributed by atoms with Crippen LogP contribution in [-0.2, 0) is 6.61 Å². The summed E-state index contributed by atoms with van der Waals surface area (Å²) in [6, 6.07) is 14.9. The van der Waals surface area contributed by atoms with Crippen LogP contribution in [0.2, 0.25) is 0 Å². The van der Waals surface area contributed by atoms with E-state index >= 15 is 0 Å². The van der Waals surface area contributed by atoms with Gasteiger partial charge in [-0.15, -0.1) is 0 Å². The fraction of sp³-hybridized carbons (Fsp3) is 0.136. The average Bonchev–Trinajstić information content (AvgIpc) is 2.75. The van der Waals surface area contributed by atoms with Crippen molar-refractivity contribution in [3.05, 3.63) is 89.5 Å². The second-order valence-corrected chi connectivity index (χ2v) is 5.95. The van der Waals surface area contributed by atoms with Crippen LogP contribution in [0, 0.1) is 5.82 Å². The molecule has 0 unspecified atom stereocenters. The predicted octanol–water partition coefficient (Wildman–Crippen LogP) is 3.96. The van der Waals surface area contributed by atoms with E-state index in [-0.39, 0.29) is 18.3 Å². The third-order valence-corrected chi connectivity index (χ3v) is 3.93. The molecule has 0 radical (unpaired) electrons. The van der Waals surface area contributed by atoms with Crippen LogP contribution in [0.25, 0.3) is 0 Å². The van der Waals surface area contributed by atoms with Crippen LogP contribution in [0.4, 0.5) is 4.39 Å². The normalized spacial score (nSPS) is 10.7. The van der Waals surface area contributed by atoms with Gasteiger partial charge in [0, 0.05) is 23.5 Å². The van der Waals surface area contributed by atoms with E-state index in [0.717, 1.165) is 0 Å². The van der Waals surface area contributed by atoms with Crippen LogP contribution < -0.4 is 14.9 Å². The molecule has 0 saturated heterocycles. The first-order valence-electron chi connectivity index (χ1n) is 9.04. The van der Waals surface area contributed by atoms with Crippen molar-refractivity contribution in [2.75, 3.05) is 6.61 Å². The molecule has 1 aromatic heterocycles. The standard InChI is InChI=1S/C22H20FN3O3/c1-2-28-21-13-16(14-25-26-22(27)17-9-11-24-12-10-17)7-8-20(21)29-15-18-5-3-4-6-19(18)23/h3-14H,2,15H2,1H3,(H,26,27)/b25-14-. The van der Waals surface area contributed by atoms with E-state index in [1.165, 1.54) is 24.7 Å².